The van der Waals surface area contributed by atoms with Gasteiger partial charge in [0.05, 0.1) is 5.69 Å². The van der Waals surface area contributed by atoms with Crippen molar-refractivity contribution in [3.63, 3.8) is 0 Å². The second kappa shape index (κ2) is 5.96. The first kappa shape index (κ1) is 14.8. The van der Waals surface area contributed by atoms with Gasteiger partial charge < -0.3 is 21.1 Å². The summed E-state index contributed by atoms with van der Waals surface area (Å²) in [6.45, 7) is 1.69. The Morgan fingerprint density at radius 3 is 2.77 bits per heavy atom. The molecule has 6 nitrogen and oxygen atoms in total. The zero-order valence-corrected chi connectivity index (χ0v) is 12.6. The fourth-order valence-corrected chi connectivity index (χ4v) is 2.88. The molecule has 0 saturated heterocycles. The van der Waals surface area contributed by atoms with Crippen LogP contribution in [0.3, 0.4) is 0 Å². The molecule has 2 amide bonds. The molecule has 2 aliphatic rings. The van der Waals surface area contributed by atoms with E-state index in [1.807, 2.05) is 0 Å². The van der Waals surface area contributed by atoms with Crippen LogP contribution in [0.1, 0.15) is 43.0 Å². The Hall–Kier alpha value is -2.08. The monoisotopic (exact) mass is 303 g/mol. The van der Waals surface area contributed by atoms with Crippen LogP contribution >= 0.6 is 0 Å². The molecule has 1 aromatic rings. The second-order valence-corrected chi connectivity index (χ2v) is 6.05. The number of hydrogen-bond donors (Lipinski definition) is 3. The predicted molar refractivity (Wildman–Crippen MR) is 82.9 cm³/mol. The maximum atomic E-state index is 12.3. The maximum Gasteiger partial charge on any atom is 0.265 e. The van der Waals surface area contributed by atoms with Crippen LogP contribution in [0.15, 0.2) is 18.2 Å². The molecule has 1 aromatic carbocycles. The summed E-state index contributed by atoms with van der Waals surface area (Å²) < 4.78 is 5.48. The summed E-state index contributed by atoms with van der Waals surface area (Å²) in [5, 5.41) is 5.79. The van der Waals surface area contributed by atoms with Crippen LogP contribution in [0.2, 0.25) is 0 Å². The maximum absolute atomic E-state index is 12.3. The van der Waals surface area contributed by atoms with Crippen LogP contribution in [0, 0.1) is 0 Å². The highest BCUT2D eigenvalue weighted by Crippen LogP contribution is 2.30. The van der Waals surface area contributed by atoms with Crippen LogP contribution in [0.5, 0.6) is 5.75 Å². The first-order valence-corrected chi connectivity index (χ1v) is 7.71. The van der Waals surface area contributed by atoms with Crippen molar-refractivity contribution in [3.05, 3.63) is 23.8 Å². The molecule has 1 aliphatic carbocycles. The Morgan fingerprint density at radius 2 is 2.05 bits per heavy atom. The fourth-order valence-electron chi connectivity index (χ4n) is 2.88. The van der Waals surface area contributed by atoms with Gasteiger partial charge in [0.25, 0.3) is 11.8 Å². The quantitative estimate of drug-likeness (QED) is 0.770. The molecule has 1 atom stereocenters. The van der Waals surface area contributed by atoms with Gasteiger partial charge in [0.2, 0.25) is 0 Å². The molecule has 0 aromatic heterocycles. The van der Waals surface area contributed by atoms with Crippen molar-refractivity contribution < 1.29 is 14.3 Å². The lowest BCUT2D eigenvalue weighted by Crippen LogP contribution is -2.40. The molecule has 4 N–H and O–H groups in total. The molecule has 6 heteroatoms. The van der Waals surface area contributed by atoms with Crippen molar-refractivity contribution in [3.8, 4) is 5.75 Å². The van der Waals surface area contributed by atoms with Crippen LogP contribution in [0.25, 0.3) is 0 Å². The van der Waals surface area contributed by atoms with E-state index < -0.39 is 6.10 Å². The molecule has 1 aliphatic heterocycles. The average molecular weight is 303 g/mol. The van der Waals surface area contributed by atoms with Gasteiger partial charge in [-0.15, -0.1) is 0 Å². The highest BCUT2D eigenvalue weighted by atomic mass is 16.5. The number of ether oxygens (including phenoxy) is 1. The molecule has 1 fully saturated rings. The minimum absolute atomic E-state index is 0.129. The average Bonchev–Trinajstić information content (AvgIpc) is 2.50. The van der Waals surface area contributed by atoms with Gasteiger partial charge in [-0.2, -0.15) is 0 Å². The zero-order valence-electron chi connectivity index (χ0n) is 12.6. The third kappa shape index (κ3) is 3.06. The van der Waals surface area contributed by atoms with E-state index >= 15 is 0 Å². The summed E-state index contributed by atoms with van der Waals surface area (Å²) in [6.07, 6.45) is 3.19. The van der Waals surface area contributed by atoms with Gasteiger partial charge in [-0.3, -0.25) is 9.59 Å². The summed E-state index contributed by atoms with van der Waals surface area (Å²) in [7, 11) is 0. The number of benzene rings is 1. The minimum atomic E-state index is -0.515. The second-order valence-electron chi connectivity index (χ2n) is 6.05. The van der Waals surface area contributed by atoms with Gasteiger partial charge in [-0.1, -0.05) is 0 Å². The van der Waals surface area contributed by atoms with E-state index in [4.69, 9.17) is 10.5 Å². The van der Waals surface area contributed by atoms with E-state index in [1.54, 1.807) is 25.1 Å². The summed E-state index contributed by atoms with van der Waals surface area (Å²) >= 11 is 0. The smallest absolute Gasteiger partial charge is 0.265 e. The third-order valence-electron chi connectivity index (χ3n) is 4.28. The molecule has 3 rings (SSSR count). The highest BCUT2D eigenvalue weighted by molar-refractivity contribution is 6.01. The van der Waals surface area contributed by atoms with E-state index in [-0.39, 0.29) is 23.9 Å². The van der Waals surface area contributed by atoms with Gasteiger partial charge in [0, 0.05) is 17.6 Å². The molecule has 1 heterocycles. The van der Waals surface area contributed by atoms with Crippen molar-refractivity contribution in [1.29, 1.82) is 0 Å². The van der Waals surface area contributed by atoms with Gasteiger partial charge in [0.15, 0.2) is 6.10 Å². The minimum Gasteiger partial charge on any atom is -0.479 e. The fraction of sp³-hybridized carbons (Fsp3) is 0.500. The SMILES string of the molecule is CC1Oc2ccc(C(=O)N[C@H]3CC[C@H](N)CC3)cc2NC1=O. The number of anilines is 1. The molecule has 1 saturated carbocycles. The third-order valence-corrected chi connectivity index (χ3v) is 4.28. The largest absolute Gasteiger partial charge is 0.479 e. The van der Waals surface area contributed by atoms with E-state index in [2.05, 4.69) is 10.6 Å². The van der Waals surface area contributed by atoms with E-state index in [9.17, 15) is 9.59 Å². The van der Waals surface area contributed by atoms with Crippen molar-refractivity contribution in [2.45, 2.75) is 50.8 Å². The number of nitrogens with two attached hydrogens (primary N) is 1. The molecule has 22 heavy (non-hydrogen) atoms. The summed E-state index contributed by atoms with van der Waals surface area (Å²) in [4.78, 5) is 24.0. The van der Waals surface area contributed by atoms with Crippen LogP contribution in [0.4, 0.5) is 5.69 Å². The molecule has 0 bridgehead atoms. The summed E-state index contributed by atoms with van der Waals surface area (Å²) in [5.41, 5.74) is 6.94. The molecule has 1 unspecified atom stereocenters. The lowest BCUT2D eigenvalue weighted by atomic mass is 9.91. The molecule has 0 radical (unpaired) electrons. The van der Waals surface area contributed by atoms with Crippen molar-refractivity contribution >= 4 is 17.5 Å². The molecular formula is C16H21N3O3. The Balaban J connectivity index is 1.68. The summed E-state index contributed by atoms with van der Waals surface area (Å²) in [5.74, 6) is 0.259. The van der Waals surface area contributed by atoms with Gasteiger partial charge in [-0.05, 0) is 50.8 Å². The number of amides is 2. The Labute approximate surface area is 129 Å². The van der Waals surface area contributed by atoms with E-state index in [1.165, 1.54) is 0 Å². The molecular weight excluding hydrogens is 282 g/mol. The number of rotatable bonds is 2. The topological polar surface area (TPSA) is 93.4 Å². The highest BCUT2D eigenvalue weighted by Gasteiger charge is 2.25. The van der Waals surface area contributed by atoms with Crippen molar-refractivity contribution in [2.75, 3.05) is 5.32 Å². The van der Waals surface area contributed by atoms with Crippen LogP contribution in [-0.2, 0) is 4.79 Å². The van der Waals surface area contributed by atoms with Crippen LogP contribution in [-0.4, -0.2) is 30.0 Å². The van der Waals surface area contributed by atoms with Gasteiger partial charge in [-0.25, -0.2) is 0 Å². The number of hydrogen-bond acceptors (Lipinski definition) is 4. The number of nitrogens with one attached hydrogen (secondary N) is 2. The van der Waals surface area contributed by atoms with Gasteiger partial charge in [0.1, 0.15) is 5.75 Å². The van der Waals surface area contributed by atoms with Crippen LogP contribution < -0.4 is 21.1 Å². The zero-order chi connectivity index (χ0) is 15.7. The summed E-state index contributed by atoms with van der Waals surface area (Å²) in [6, 6.07) is 5.52. The lowest BCUT2D eigenvalue weighted by molar-refractivity contribution is -0.122. The lowest BCUT2D eigenvalue weighted by Gasteiger charge is -2.27. The number of carbonyl (C=O) groups excluding carboxylic acids is 2. The number of carbonyl (C=O) groups is 2. The van der Waals surface area contributed by atoms with Gasteiger partial charge >= 0.3 is 0 Å². The first-order valence-electron chi connectivity index (χ1n) is 7.71. The number of fused-ring (bicyclic) bond motifs is 1. The first-order chi connectivity index (χ1) is 10.5. The van der Waals surface area contributed by atoms with E-state index in [0.29, 0.717) is 17.0 Å². The Kier molecular flexibility index (Phi) is 4.02. The van der Waals surface area contributed by atoms with Crippen molar-refractivity contribution in [1.82, 2.24) is 5.32 Å². The normalized spacial score (nSPS) is 27.4. The standard InChI is InChI=1S/C16H21N3O3/c1-9-15(20)19-13-8-10(2-7-14(13)22-9)16(21)18-12-5-3-11(17)4-6-12/h2,7-9,11-12H,3-6,17H2,1H3,(H,18,21)(H,19,20)/t9?,11-,12-. The molecule has 0 spiro atoms. The Bertz CT molecular complexity index is 594. The molecule has 118 valence electrons. The predicted octanol–water partition coefficient (Wildman–Crippen LogP) is 1.41. The van der Waals surface area contributed by atoms with E-state index in [0.717, 1.165) is 25.7 Å². The Morgan fingerprint density at radius 1 is 1.32 bits per heavy atom. The van der Waals surface area contributed by atoms with Crippen molar-refractivity contribution in [2.24, 2.45) is 5.73 Å².